The molecule has 0 unspecified atom stereocenters. The van der Waals surface area contributed by atoms with Gasteiger partial charge in [0.1, 0.15) is 0 Å². The van der Waals surface area contributed by atoms with E-state index in [9.17, 15) is 0 Å². The lowest BCUT2D eigenvalue weighted by Crippen LogP contribution is -1.89. The van der Waals surface area contributed by atoms with E-state index >= 15 is 0 Å². The van der Waals surface area contributed by atoms with Crippen LogP contribution in [0, 0.1) is 6.92 Å². The van der Waals surface area contributed by atoms with Gasteiger partial charge in [-0.15, -0.1) is 0 Å². The molecule has 0 spiro atoms. The summed E-state index contributed by atoms with van der Waals surface area (Å²) in [5.74, 6) is 0. The fraction of sp³-hybridized carbons (Fsp3) is 0.0476. The number of nitrogens with two attached hydrogens (primary N) is 1. The predicted octanol–water partition coefficient (Wildman–Crippen LogP) is 5.55. The number of anilines is 1. The van der Waals surface area contributed by atoms with Crippen LogP contribution in [0.15, 0.2) is 72.8 Å². The zero-order chi connectivity index (χ0) is 15.1. The second-order valence-corrected chi connectivity index (χ2v) is 5.82. The normalized spacial score (nSPS) is 11.1. The van der Waals surface area contributed by atoms with Crippen molar-refractivity contribution in [3.8, 4) is 11.1 Å². The van der Waals surface area contributed by atoms with Crippen LogP contribution in [-0.2, 0) is 0 Å². The summed E-state index contributed by atoms with van der Waals surface area (Å²) in [5.41, 5.74) is 10.7. The van der Waals surface area contributed by atoms with Gasteiger partial charge in [-0.2, -0.15) is 0 Å². The summed E-state index contributed by atoms with van der Waals surface area (Å²) >= 11 is 0. The molecule has 0 saturated heterocycles. The van der Waals surface area contributed by atoms with E-state index in [0.29, 0.717) is 0 Å². The van der Waals surface area contributed by atoms with Crippen LogP contribution in [0.5, 0.6) is 0 Å². The number of fused-ring (bicyclic) bond motifs is 2. The smallest absolute Gasteiger partial charge is 0.0400 e. The van der Waals surface area contributed by atoms with E-state index < -0.39 is 0 Å². The molecular formula is C21H17N. The molecule has 0 aliphatic carbocycles. The van der Waals surface area contributed by atoms with E-state index in [1.807, 2.05) is 12.1 Å². The highest BCUT2D eigenvalue weighted by Crippen LogP contribution is 2.34. The van der Waals surface area contributed by atoms with Gasteiger partial charge in [0.05, 0.1) is 0 Å². The fourth-order valence-electron chi connectivity index (χ4n) is 3.14. The molecule has 0 atom stereocenters. The average molecular weight is 283 g/mol. The number of hydrogen-bond acceptors (Lipinski definition) is 1. The summed E-state index contributed by atoms with van der Waals surface area (Å²) in [6.45, 7) is 2.12. The van der Waals surface area contributed by atoms with Crippen molar-refractivity contribution in [3.05, 3.63) is 78.4 Å². The summed E-state index contributed by atoms with van der Waals surface area (Å²) < 4.78 is 0. The van der Waals surface area contributed by atoms with Crippen molar-refractivity contribution in [3.63, 3.8) is 0 Å². The van der Waals surface area contributed by atoms with Crippen LogP contribution in [0.2, 0.25) is 0 Å². The Balaban J connectivity index is 2.01. The Labute approximate surface area is 130 Å². The van der Waals surface area contributed by atoms with E-state index in [1.54, 1.807) is 0 Å². The van der Waals surface area contributed by atoms with Gasteiger partial charge in [0, 0.05) is 11.1 Å². The van der Waals surface area contributed by atoms with Crippen LogP contribution < -0.4 is 5.73 Å². The number of hydrogen-bond donors (Lipinski definition) is 1. The lowest BCUT2D eigenvalue weighted by atomic mass is 9.95. The maximum atomic E-state index is 6.23. The molecule has 4 aromatic carbocycles. The average Bonchev–Trinajstić information content (AvgIpc) is 2.54. The Hall–Kier alpha value is -2.80. The molecule has 0 heterocycles. The molecule has 22 heavy (non-hydrogen) atoms. The fourth-order valence-corrected chi connectivity index (χ4v) is 3.14. The number of rotatable bonds is 1. The molecule has 106 valence electrons. The minimum absolute atomic E-state index is 0.831. The van der Waals surface area contributed by atoms with Crippen LogP contribution in [0.1, 0.15) is 5.56 Å². The van der Waals surface area contributed by atoms with Crippen LogP contribution in [0.4, 0.5) is 5.69 Å². The first kappa shape index (κ1) is 12.9. The molecule has 1 heteroatoms. The maximum Gasteiger partial charge on any atom is 0.0400 e. The van der Waals surface area contributed by atoms with Crippen LogP contribution >= 0.6 is 0 Å². The standard InChI is InChI=1S/C21H17N/c1-14-8-9-17-13-18(11-10-16(17)12-14)19-6-2-4-15-5-3-7-20(22)21(15)19/h2-13H,22H2,1H3. The molecule has 0 saturated carbocycles. The third-order valence-corrected chi connectivity index (χ3v) is 4.24. The Morgan fingerprint density at radius 3 is 2.27 bits per heavy atom. The third-order valence-electron chi connectivity index (χ3n) is 4.24. The molecule has 0 bridgehead atoms. The van der Waals surface area contributed by atoms with Gasteiger partial charge in [-0.25, -0.2) is 0 Å². The molecule has 4 rings (SSSR count). The van der Waals surface area contributed by atoms with Gasteiger partial charge in [-0.05, 0) is 46.3 Å². The zero-order valence-corrected chi connectivity index (χ0v) is 12.5. The highest BCUT2D eigenvalue weighted by atomic mass is 14.5. The van der Waals surface area contributed by atoms with Crippen molar-refractivity contribution >= 4 is 27.2 Å². The van der Waals surface area contributed by atoms with E-state index in [4.69, 9.17) is 5.73 Å². The Morgan fingerprint density at radius 2 is 1.41 bits per heavy atom. The molecule has 1 nitrogen and oxygen atoms in total. The predicted molar refractivity (Wildman–Crippen MR) is 96.0 cm³/mol. The zero-order valence-electron chi connectivity index (χ0n) is 12.5. The first-order chi connectivity index (χ1) is 10.7. The topological polar surface area (TPSA) is 26.0 Å². The summed E-state index contributed by atoms with van der Waals surface area (Å²) in [4.78, 5) is 0. The minimum atomic E-state index is 0.831. The van der Waals surface area contributed by atoms with E-state index in [2.05, 4.69) is 67.6 Å². The summed E-state index contributed by atoms with van der Waals surface area (Å²) in [5, 5.41) is 4.85. The van der Waals surface area contributed by atoms with Crippen LogP contribution in [0.25, 0.3) is 32.7 Å². The first-order valence-electron chi connectivity index (χ1n) is 7.50. The van der Waals surface area contributed by atoms with Crippen molar-refractivity contribution in [1.29, 1.82) is 0 Å². The molecule has 0 aliphatic rings. The van der Waals surface area contributed by atoms with E-state index in [0.717, 1.165) is 11.1 Å². The van der Waals surface area contributed by atoms with Crippen LogP contribution in [-0.4, -0.2) is 0 Å². The number of nitrogen functional groups attached to an aromatic ring is 1. The molecule has 0 radical (unpaired) electrons. The van der Waals surface area contributed by atoms with Gasteiger partial charge in [-0.1, -0.05) is 66.2 Å². The summed E-state index contributed by atoms with van der Waals surface area (Å²) in [7, 11) is 0. The van der Waals surface area contributed by atoms with Crippen molar-refractivity contribution in [2.45, 2.75) is 6.92 Å². The van der Waals surface area contributed by atoms with Crippen LogP contribution in [0.3, 0.4) is 0 Å². The SMILES string of the molecule is Cc1ccc2cc(-c3cccc4cccc(N)c34)ccc2c1. The second-order valence-electron chi connectivity index (χ2n) is 5.82. The second kappa shape index (κ2) is 4.88. The van der Waals surface area contributed by atoms with Gasteiger partial charge in [-0.3, -0.25) is 0 Å². The maximum absolute atomic E-state index is 6.23. The monoisotopic (exact) mass is 283 g/mol. The van der Waals surface area contributed by atoms with E-state index in [-0.39, 0.29) is 0 Å². The Kier molecular flexibility index (Phi) is 2.87. The van der Waals surface area contributed by atoms with E-state index in [1.165, 1.54) is 32.8 Å². The first-order valence-corrected chi connectivity index (χ1v) is 7.50. The summed E-state index contributed by atoms with van der Waals surface area (Å²) in [6, 6.07) is 25.6. The third kappa shape index (κ3) is 2.03. The number of benzene rings is 4. The molecular weight excluding hydrogens is 266 g/mol. The Morgan fingerprint density at radius 1 is 0.682 bits per heavy atom. The molecule has 0 aromatic heterocycles. The highest BCUT2D eigenvalue weighted by Gasteiger charge is 2.07. The highest BCUT2D eigenvalue weighted by molar-refractivity contribution is 6.05. The molecule has 2 N–H and O–H groups in total. The van der Waals surface area contributed by atoms with Crippen molar-refractivity contribution in [1.82, 2.24) is 0 Å². The van der Waals surface area contributed by atoms with Crippen molar-refractivity contribution in [2.24, 2.45) is 0 Å². The van der Waals surface area contributed by atoms with Gasteiger partial charge >= 0.3 is 0 Å². The Bertz CT molecular complexity index is 994. The van der Waals surface area contributed by atoms with Gasteiger partial charge in [0.2, 0.25) is 0 Å². The van der Waals surface area contributed by atoms with Gasteiger partial charge in [0.25, 0.3) is 0 Å². The van der Waals surface area contributed by atoms with Crippen molar-refractivity contribution in [2.75, 3.05) is 5.73 Å². The van der Waals surface area contributed by atoms with Crippen molar-refractivity contribution < 1.29 is 0 Å². The molecule has 0 fully saturated rings. The van der Waals surface area contributed by atoms with Gasteiger partial charge < -0.3 is 5.73 Å². The minimum Gasteiger partial charge on any atom is -0.398 e. The number of aryl methyl sites for hydroxylation is 1. The lowest BCUT2D eigenvalue weighted by molar-refractivity contribution is 1.51. The van der Waals surface area contributed by atoms with Gasteiger partial charge in [0.15, 0.2) is 0 Å². The molecule has 0 amide bonds. The molecule has 0 aliphatic heterocycles. The summed E-state index contributed by atoms with van der Waals surface area (Å²) in [6.07, 6.45) is 0. The lowest BCUT2D eigenvalue weighted by Gasteiger charge is -2.10. The quantitative estimate of drug-likeness (QED) is 0.455. The largest absolute Gasteiger partial charge is 0.398 e. The molecule has 4 aromatic rings.